The predicted octanol–water partition coefficient (Wildman–Crippen LogP) is 9.75. The van der Waals surface area contributed by atoms with Crippen LogP contribution in [0.3, 0.4) is 0 Å². The minimum absolute atomic E-state index is 0. The van der Waals surface area contributed by atoms with Crippen molar-refractivity contribution in [3.05, 3.63) is 126 Å². The van der Waals surface area contributed by atoms with Crippen molar-refractivity contribution in [1.82, 2.24) is 15.0 Å². The van der Waals surface area contributed by atoms with Gasteiger partial charge in [-0.1, -0.05) is 73.7 Å². The molecule has 1 radical (unpaired) electrons. The smallest absolute Gasteiger partial charge is 0.147 e. The molecular formula is C38H33IrN3O-2. The van der Waals surface area contributed by atoms with Crippen LogP contribution < -0.4 is 0 Å². The van der Waals surface area contributed by atoms with Crippen molar-refractivity contribution >= 4 is 32.8 Å². The number of aryl methyl sites for hydroxylation is 2. The summed E-state index contributed by atoms with van der Waals surface area (Å²) in [5.74, 6) is 0. The Balaban J connectivity index is 0.000000238. The van der Waals surface area contributed by atoms with Crippen LogP contribution >= 0.6 is 0 Å². The molecule has 43 heavy (non-hydrogen) atoms. The van der Waals surface area contributed by atoms with Crippen LogP contribution in [0.1, 0.15) is 37.6 Å². The maximum absolute atomic E-state index is 6.44. The van der Waals surface area contributed by atoms with E-state index in [0.29, 0.717) is 0 Å². The fourth-order valence-electron chi connectivity index (χ4n) is 5.21. The quantitative estimate of drug-likeness (QED) is 0.170. The van der Waals surface area contributed by atoms with E-state index in [1.165, 1.54) is 11.1 Å². The number of hydrogen-bond donors (Lipinski definition) is 0. The second-order valence-corrected chi connectivity index (χ2v) is 11.9. The van der Waals surface area contributed by atoms with Crippen molar-refractivity contribution in [3.63, 3.8) is 0 Å². The predicted molar refractivity (Wildman–Crippen MR) is 172 cm³/mol. The topological polar surface area (TPSA) is 51.8 Å². The van der Waals surface area contributed by atoms with E-state index in [4.69, 9.17) is 14.4 Å². The van der Waals surface area contributed by atoms with Gasteiger partial charge in [0.2, 0.25) is 0 Å². The van der Waals surface area contributed by atoms with Gasteiger partial charge in [-0.2, -0.15) is 0 Å². The summed E-state index contributed by atoms with van der Waals surface area (Å²) in [6.07, 6.45) is 4.75. The number of pyridine rings is 3. The van der Waals surface area contributed by atoms with E-state index in [1.54, 1.807) is 6.20 Å². The average molecular weight is 740 g/mol. The number of hydrogen-bond acceptors (Lipinski definition) is 4. The van der Waals surface area contributed by atoms with Gasteiger partial charge < -0.3 is 14.4 Å². The number of aromatic nitrogens is 3. The molecule has 0 N–H and O–H groups in total. The summed E-state index contributed by atoms with van der Waals surface area (Å²) >= 11 is 0. The molecule has 0 bridgehead atoms. The van der Waals surface area contributed by atoms with E-state index in [2.05, 4.69) is 75.1 Å². The van der Waals surface area contributed by atoms with Gasteiger partial charge in [0.25, 0.3) is 0 Å². The van der Waals surface area contributed by atoms with Gasteiger partial charge in [0.05, 0.1) is 5.58 Å². The molecule has 0 saturated carbocycles. The third-order valence-corrected chi connectivity index (χ3v) is 7.24. The fourth-order valence-corrected chi connectivity index (χ4v) is 5.21. The van der Waals surface area contributed by atoms with Gasteiger partial charge in [0.1, 0.15) is 11.1 Å². The van der Waals surface area contributed by atoms with Gasteiger partial charge in [-0.25, -0.2) is 4.98 Å². The van der Waals surface area contributed by atoms with Crippen LogP contribution in [0.15, 0.2) is 102 Å². The van der Waals surface area contributed by atoms with Crippen molar-refractivity contribution in [2.24, 2.45) is 5.41 Å². The molecule has 0 atom stereocenters. The van der Waals surface area contributed by atoms with Gasteiger partial charge in [-0.3, -0.25) is 0 Å². The zero-order chi connectivity index (χ0) is 29.3. The fraction of sp³-hybridized carbons (Fsp3) is 0.184. The number of fused-ring (bicyclic) bond motifs is 5. The third-order valence-electron chi connectivity index (χ3n) is 7.24. The van der Waals surface area contributed by atoms with Gasteiger partial charge in [0.15, 0.2) is 0 Å². The van der Waals surface area contributed by atoms with Gasteiger partial charge in [-0.05, 0) is 54.8 Å². The van der Waals surface area contributed by atoms with E-state index in [-0.39, 0.29) is 25.5 Å². The van der Waals surface area contributed by atoms with Gasteiger partial charge in [0, 0.05) is 49.0 Å². The molecule has 3 aromatic carbocycles. The maximum Gasteiger partial charge on any atom is 0.147 e. The second-order valence-electron chi connectivity index (χ2n) is 11.9. The minimum atomic E-state index is 0. The van der Waals surface area contributed by atoms with Crippen molar-refractivity contribution in [3.8, 4) is 22.5 Å². The Morgan fingerprint density at radius 2 is 1.56 bits per heavy atom. The van der Waals surface area contributed by atoms with Crippen molar-refractivity contribution in [2.45, 2.75) is 41.0 Å². The summed E-state index contributed by atoms with van der Waals surface area (Å²) < 4.78 is 6.44. The van der Waals surface area contributed by atoms with Crippen LogP contribution in [0.5, 0.6) is 0 Å². The minimum Gasteiger partial charge on any atom is -0.498 e. The number of rotatable bonds is 3. The molecule has 5 heteroatoms. The van der Waals surface area contributed by atoms with Crippen LogP contribution in [0.25, 0.3) is 55.4 Å². The van der Waals surface area contributed by atoms with E-state index < -0.39 is 0 Å². The summed E-state index contributed by atoms with van der Waals surface area (Å²) in [5.41, 5.74) is 10.1. The van der Waals surface area contributed by atoms with E-state index in [0.717, 1.165) is 67.5 Å². The average Bonchev–Trinajstić information content (AvgIpc) is 3.38. The molecule has 0 aliphatic rings. The Morgan fingerprint density at radius 1 is 0.767 bits per heavy atom. The molecule has 4 heterocycles. The Hall–Kier alpha value is -4.18. The van der Waals surface area contributed by atoms with Crippen LogP contribution in [0, 0.1) is 31.4 Å². The molecule has 0 aliphatic heterocycles. The standard InChI is InChI=1S/C27H25N2O.C11H8N.Ir/c1-16-15-28-23(13-19(16)14-27(3,4)5)22-8-6-7-20-21-12-11-18-10-9-17(2)29-24(18)26(21)30-25(20)22;1-2-6-10(7-3-1)11-8-4-5-9-12-11;/h6-7,9-13,15H,14H2,1-5H3;1-6,8-9H;/q2*-1;. The van der Waals surface area contributed by atoms with Crippen LogP contribution in [-0.4, -0.2) is 15.0 Å². The summed E-state index contributed by atoms with van der Waals surface area (Å²) in [4.78, 5) is 13.7. The van der Waals surface area contributed by atoms with E-state index in [9.17, 15) is 0 Å². The summed E-state index contributed by atoms with van der Waals surface area (Å²) in [7, 11) is 0. The molecule has 0 fully saturated rings. The summed E-state index contributed by atoms with van der Waals surface area (Å²) in [6, 6.07) is 34.8. The Morgan fingerprint density at radius 3 is 2.30 bits per heavy atom. The number of furan rings is 1. The normalized spacial score (nSPS) is 11.3. The Bertz CT molecular complexity index is 1970. The van der Waals surface area contributed by atoms with Crippen molar-refractivity contribution in [1.29, 1.82) is 0 Å². The first kappa shape index (κ1) is 30.3. The molecule has 0 unspecified atom stereocenters. The molecule has 7 rings (SSSR count). The largest absolute Gasteiger partial charge is 0.498 e. The molecule has 0 saturated heterocycles. The van der Waals surface area contributed by atoms with Gasteiger partial charge in [-0.15, -0.1) is 54.1 Å². The van der Waals surface area contributed by atoms with Crippen molar-refractivity contribution in [2.75, 3.05) is 0 Å². The van der Waals surface area contributed by atoms with Crippen LogP contribution in [0.4, 0.5) is 0 Å². The molecule has 217 valence electrons. The maximum atomic E-state index is 6.44. The Labute approximate surface area is 266 Å². The molecule has 7 aromatic rings. The molecule has 0 spiro atoms. The van der Waals surface area contributed by atoms with Crippen molar-refractivity contribution < 1.29 is 24.5 Å². The number of benzene rings is 3. The second kappa shape index (κ2) is 12.6. The van der Waals surface area contributed by atoms with Crippen LogP contribution in [-0.2, 0) is 26.5 Å². The van der Waals surface area contributed by atoms with E-state index in [1.807, 2.05) is 67.7 Å². The first-order valence-corrected chi connectivity index (χ1v) is 14.2. The number of nitrogens with zero attached hydrogens (tertiary/aromatic N) is 3. The van der Waals surface area contributed by atoms with E-state index >= 15 is 0 Å². The monoisotopic (exact) mass is 740 g/mol. The zero-order valence-electron chi connectivity index (χ0n) is 25.0. The molecule has 4 nitrogen and oxygen atoms in total. The zero-order valence-corrected chi connectivity index (χ0v) is 27.4. The van der Waals surface area contributed by atoms with Crippen LogP contribution in [0.2, 0.25) is 0 Å². The SMILES string of the molecule is Cc1ccc2ccc3c4cc[c-]c(-c5cc(CC(C)(C)C)c(C)cn5)c4oc3c2n1.[Ir].[c-]1ccccc1-c1ccccn1. The molecule has 0 amide bonds. The molecule has 0 aliphatic carbocycles. The summed E-state index contributed by atoms with van der Waals surface area (Å²) in [5, 5.41) is 3.23. The Kier molecular flexibility index (Phi) is 8.87. The van der Waals surface area contributed by atoms with Gasteiger partial charge >= 0.3 is 0 Å². The molecular weight excluding hydrogens is 707 g/mol. The summed E-state index contributed by atoms with van der Waals surface area (Å²) in [6.45, 7) is 10.9. The third kappa shape index (κ3) is 6.59. The first-order valence-electron chi connectivity index (χ1n) is 14.2. The molecule has 4 aromatic heterocycles. The first-order chi connectivity index (χ1) is 20.3.